The minimum atomic E-state index is -0.170. The summed E-state index contributed by atoms with van der Waals surface area (Å²) in [6.45, 7) is 4.24. The van der Waals surface area contributed by atoms with Gasteiger partial charge < -0.3 is 5.11 Å². The Balaban J connectivity index is 2.43. The van der Waals surface area contributed by atoms with Crippen LogP contribution in [0.2, 0.25) is 0 Å². The van der Waals surface area contributed by atoms with Crippen LogP contribution in [0.5, 0.6) is 0 Å². The maximum atomic E-state index is 9.72. The Morgan fingerprint density at radius 2 is 2.14 bits per heavy atom. The minimum absolute atomic E-state index is 0.170. The first-order chi connectivity index (χ1) is 6.72. The molecule has 14 heavy (non-hydrogen) atoms. The van der Waals surface area contributed by atoms with Crippen LogP contribution in [0.1, 0.15) is 37.3 Å². The maximum absolute atomic E-state index is 9.72. The highest BCUT2D eigenvalue weighted by molar-refractivity contribution is 5.22. The van der Waals surface area contributed by atoms with Crippen LogP contribution in [-0.4, -0.2) is 11.2 Å². The molecule has 78 valence electrons. The number of unbranched alkanes of at least 4 members (excludes halogenated alkanes) is 1. The predicted molar refractivity (Wildman–Crippen MR) is 60.4 cm³/mol. The first-order valence-electron chi connectivity index (χ1n) is 5.46. The van der Waals surface area contributed by atoms with Crippen LogP contribution in [0.15, 0.2) is 24.3 Å². The third kappa shape index (κ3) is 3.93. The van der Waals surface area contributed by atoms with Gasteiger partial charge in [0.25, 0.3) is 0 Å². The van der Waals surface area contributed by atoms with Crippen molar-refractivity contribution in [3.05, 3.63) is 35.4 Å². The van der Waals surface area contributed by atoms with Crippen LogP contribution in [0.3, 0.4) is 0 Å². The van der Waals surface area contributed by atoms with E-state index in [9.17, 15) is 5.11 Å². The SMILES string of the molecule is CCCCC(O)Cc1cccc(C)c1. The van der Waals surface area contributed by atoms with Gasteiger partial charge in [-0.3, -0.25) is 0 Å². The van der Waals surface area contributed by atoms with E-state index >= 15 is 0 Å². The summed E-state index contributed by atoms with van der Waals surface area (Å²) in [5.74, 6) is 0. The van der Waals surface area contributed by atoms with Crippen molar-refractivity contribution < 1.29 is 5.11 Å². The summed E-state index contributed by atoms with van der Waals surface area (Å²) in [4.78, 5) is 0. The molecule has 0 aliphatic carbocycles. The molecule has 1 heteroatoms. The third-order valence-corrected chi connectivity index (χ3v) is 2.44. The first-order valence-corrected chi connectivity index (χ1v) is 5.46. The quantitative estimate of drug-likeness (QED) is 0.760. The van der Waals surface area contributed by atoms with E-state index in [1.807, 2.05) is 0 Å². The molecule has 0 heterocycles. The topological polar surface area (TPSA) is 20.2 Å². The van der Waals surface area contributed by atoms with Crippen molar-refractivity contribution in [3.8, 4) is 0 Å². The fourth-order valence-electron chi connectivity index (χ4n) is 1.65. The van der Waals surface area contributed by atoms with E-state index < -0.39 is 0 Å². The molecule has 0 saturated carbocycles. The molecule has 0 saturated heterocycles. The smallest absolute Gasteiger partial charge is 0.0580 e. The normalized spacial score (nSPS) is 12.8. The van der Waals surface area contributed by atoms with Gasteiger partial charge in [0.15, 0.2) is 0 Å². The van der Waals surface area contributed by atoms with Crippen LogP contribution in [0.4, 0.5) is 0 Å². The standard InChI is InChI=1S/C13H20O/c1-3-4-8-13(14)10-12-7-5-6-11(2)9-12/h5-7,9,13-14H,3-4,8,10H2,1-2H3. The van der Waals surface area contributed by atoms with Crippen molar-refractivity contribution in [1.29, 1.82) is 0 Å². The van der Waals surface area contributed by atoms with E-state index in [1.165, 1.54) is 11.1 Å². The van der Waals surface area contributed by atoms with Crippen LogP contribution in [0.25, 0.3) is 0 Å². The van der Waals surface area contributed by atoms with Gasteiger partial charge in [-0.2, -0.15) is 0 Å². The van der Waals surface area contributed by atoms with E-state index in [4.69, 9.17) is 0 Å². The monoisotopic (exact) mass is 192 g/mol. The van der Waals surface area contributed by atoms with Gasteiger partial charge >= 0.3 is 0 Å². The second-order valence-electron chi connectivity index (χ2n) is 3.99. The van der Waals surface area contributed by atoms with Gasteiger partial charge in [0.2, 0.25) is 0 Å². The molecular formula is C13H20O. The molecule has 1 aromatic carbocycles. The lowest BCUT2D eigenvalue weighted by Gasteiger charge is -2.10. The molecule has 0 radical (unpaired) electrons. The number of aliphatic hydroxyl groups is 1. The molecule has 0 aliphatic heterocycles. The number of benzene rings is 1. The summed E-state index contributed by atoms with van der Waals surface area (Å²) in [6, 6.07) is 8.37. The second kappa shape index (κ2) is 5.82. The molecule has 0 aliphatic rings. The average molecular weight is 192 g/mol. The van der Waals surface area contributed by atoms with Gasteiger partial charge in [-0.15, -0.1) is 0 Å². The molecule has 1 unspecified atom stereocenters. The summed E-state index contributed by atoms with van der Waals surface area (Å²) >= 11 is 0. The lowest BCUT2D eigenvalue weighted by atomic mass is 10.0. The van der Waals surface area contributed by atoms with Crippen molar-refractivity contribution in [2.24, 2.45) is 0 Å². The molecule has 0 bridgehead atoms. The third-order valence-electron chi connectivity index (χ3n) is 2.44. The molecule has 0 spiro atoms. The Kier molecular flexibility index (Phi) is 4.68. The number of aliphatic hydroxyl groups excluding tert-OH is 1. The number of aryl methyl sites for hydroxylation is 1. The van der Waals surface area contributed by atoms with Gasteiger partial charge in [0.1, 0.15) is 0 Å². The fraction of sp³-hybridized carbons (Fsp3) is 0.538. The minimum Gasteiger partial charge on any atom is -0.393 e. The molecule has 1 atom stereocenters. The van der Waals surface area contributed by atoms with Gasteiger partial charge in [0.05, 0.1) is 6.10 Å². The Morgan fingerprint density at radius 3 is 2.79 bits per heavy atom. The van der Waals surface area contributed by atoms with E-state index in [2.05, 4.69) is 38.1 Å². The van der Waals surface area contributed by atoms with Crippen molar-refractivity contribution in [2.45, 2.75) is 45.6 Å². The van der Waals surface area contributed by atoms with E-state index in [1.54, 1.807) is 0 Å². The van der Waals surface area contributed by atoms with Crippen LogP contribution >= 0.6 is 0 Å². The van der Waals surface area contributed by atoms with Crippen molar-refractivity contribution in [1.82, 2.24) is 0 Å². The van der Waals surface area contributed by atoms with Gasteiger partial charge in [-0.1, -0.05) is 49.6 Å². The predicted octanol–water partition coefficient (Wildman–Crippen LogP) is 3.09. The zero-order chi connectivity index (χ0) is 10.4. The van der Waals surface area contributed by atoms with Crippen molar-refractivity contribution in [3.63, 3.8) is 0 Å². The summed E-state index contributed by atoms with van der Waals surface area (Å²) in [5.41, 5.74) is 2.51. The Labute approximate surface area is 86.8 Å². The number of hydrogen-bond acceptors (Lipinski definition) is 1. The lowest BCUT2D eigenvalue weighted by Crippen LogP contribution is -2.10. The first kappa shape index (κ1) is 11.3. The summed E-state index contributed by atoms with van der Waals surface area (Å²) in [7, 11) is 0. The van der Waals surface area contributed by atoms with E-state index in [0.717, 1.165) is 25.7 Å². The maximum Gasteiger partial charge on any atom is 0.0580 e. The lowest BCUT2D eigenvalue weighted by molar-refractivity contribution is 0.162. The van der Waals surface area contributed by atoms with E-state index in [0.29, 0.717) is 0 Å². The van der Waals surface area contributed by atoms with Gasteiger partial charge in [-0.05, 0) is 25.3 Å². The zero-order valence-electron chi connectivity index (χ0n) is 9.16. The average Bonchev–Trinajstić information content (AvgIpc) is 2.15. The largest absolute Gasteiger partial charge is 0.393 e. The number of hydrogen-bond donors (Lipinski definition) is 1. The van der Waals surface area contributed by atoms with Crippen LogP contribution in [0, 0.1) is 6.92 Å². The highest BCUT2D eigenvalue weighted by atomic mass is 16.3. The van der Waals surface area contributed by atoms with E-state index in [-0.39, 0.29) is 6.10 Å². The second-order valence-corrected chi connectivity index (χ2v) is 3.99. The number of rotatable bonds is 5. The van der Waals surface area contributed by atoms with Crippen molar-refractivity contribution in [2.75, 3.05) is 0 Å². The highest BCUT2D eigenvalue weighted by Gasteiger charge is 2.04. The van der Waals surface area contributed by atoms with Gasteiger partial charge in [-0.25, -0.2) is 0 Å². The molecule has 1 aromatic rings. The molecular weight excluding hydrogens is 172 g/mol. The molecule has 1 N–H and O–H groups in total. The summed E-state index contributed by atoms with van der Waals surface area (Å²) in [5, 5.41) is 9.72. The molecule has 1 nitrogen and oxygen atoms in total. The molecule has 0 amide bonds. The zero-order valence-corrected chi connectivity index (χ0v) is 9.16. The van der Waals surface area contributed by atoms with Gasteiger partial charge in [0, 0.05) is 0 Å². The Bertz CT molecular complexity index is 268. The van der Waals surface area contributed by atoms with Crippen LogP contribution < -0.4 is 0 Å². The summed E-state index contributed by atoms with van der Waals surface area (Å²) in [6.07, 6.45) is 3.82. The highest BCUT2D eigenvalue weighted by Crippen LogP contribution is 2.10. The Morgan fingerprint density at radius 1 is 1.36 bits per heavy atom. The van der Waals surface area contributed by atoms with Crippen LogP contribution in [-0.2, 0) is 6.42 Å². The fourth-order valence-corrected chi connectivity index (χ4v) is 1.65. The van der Waals surface area contributed by atoms with Crippen molar-refractivity contribution >= 4 is 0 Å². The molecule has 0 aromatic heterocycles. The summed E-state index contributed by atoms with van der Waals surface area (Å²) < 4.78 is 0. The Hall–Kier alpha value is -0.820. The molecule has 0 fully saturated rings. The molecule has 1 rings (SSSR count).